The van der Waals surface area contributed by atoms with Crippen molar-refractivity contribution >= 4 is 27.5 Å². The van der Waals surface area contributed by atoms with Crippen molar-refractivity contribution in [3.05, 3.63) is 36.9 Å². The molecule has 1 heterocycles. The molecule has 0 radical (unpaired) electrons. The van der Waals surface area contributed by atoms with Crippen LogP contribution >= 0.6 is 0 Å². The van der Waals surface area contributed by atoms with E-state index in [0.29, 0.717) is 31.6 Å². The zero-order chi connectivity index (χ0) is 17.7. The van der Waals surface area contributed by atoms with Gasteiger partial charge in [-0.25, -0.2) is 8.42 Å². The minimum atomic E-state index is -3.58. The molecule has 1 aromatic carbocycles. The van der Waals surface area contributed by atoms with E-state index in [2.05, 4.69) is 17.2 Å². The summed E-state index contributed by atoms with van der Waals surface area (Å²) in [6.45, 7) is 5.48. The topological polar surface area (TPSA) is 95.6 Å². The maximum absolute atomic E-state index is 12.6. The summed E-state index contributed by atoms with van der Waals surface area (Å²) in [7, 11) is -3.58. The van der Waals surface area contributed by atoms with Crippen molar-refractivity contribution in [3.63, 3.8) is 0 Å². The first-order chi connectivity index (χ1) is 11.3. The Bertz CT molecular complexity index is 720. The average molecular weight is 351 g/mol. The second kappa shape index (κ2) is 7.59. The van der Waals surface area contributed by atoms with E-state index < -0.39 is 10.0 Å². The minimum Gasteiger partial charge on any atom is -0.350 e. The first-order valence-electron chi connectivity index (χ1n) is 7.63. The molecule has 1 aromatic rings. The number of amides is 2. The molecule has 8 heteroatoms. The van der Waals surface area contributed by atoms with E-state index >= 15 is 0 Å². The molecular weight excluding hydrogens is 330 g/mol. The molecule has 1 saturated heterocycles. The number of anilines is 1. The van der Waals surface area contributed by atoms with Crippen LogP contribution in [0.4, 0.5) is 5.69 Å². The lowest BCUT2D eigenvalue weighted by Crippen LogP contribution is -2.46. The number of hydrogen-bond donors (Lipinski definition) is 2. The summed E-state index contributed by atoms with van der Waals surface area (Å²) in [4.78, 5) is 22.5. The van der Waals surface area contributed by atoms with Gasteiger partial charge in [0.1, 0.15) is 0 Å². The van der Waals surface area contributed by atoms with E-state index in [4.69, 9.17) is 0 Å². The smallest absolute Gasteiger partial charge is 0.243 e. The predicted octanol–water partition coefficient (Wildman–Crippen LogP) is 1.10. The van der Waals surface area contributed by atoms with Gasteiger partial charge in [0.15, 0.2) is 0 Å². The normalized spacial score (nSPS) is 16.4. The summed E-state index contributed by atoms with van der Waals surface area (Å²) < 4.78 is 26.7. The molecule has 0 spiro atoms. The van der Waals surface area contributed by atoms with Gasteiger partial charge in [0.05, 0.1) is 4.90 Å². The van der Waals surface area contributed by atoms with Crippen molar-refractivity contribution in [2.24, 2.45) is 0 Å². The Balaban J connectivity index is 2.02. The van der Waals surface area contributed by atoms with Crippen LogP contribution in [0.5, 0.6) is 0 Å². The fourth-order valence-corrected chi connectivity index (χ4v) is 4.03. The van der Waals surface area contributed by atoms with Gasteiger partial charge in [-0.1, -0.05) is 6.58 Å². The number of hydrogen-bond acceptors (Lipinski definition) is 4. The zero-order valence-corrected chi connectivity index (χ0v) is 14.3. The van der Waals surface area contributed by atoms with Gasteiger partial charge in [-0.15, -0.1) is 0 Å². The van der Waals surface area contributed by atoms with E-state index in [1.165, 1.54) is 29.4 Å². The molecular formula is C16H21N3O4S. The average Bonchev–Trinajstić information content (AvgIpc) is 2.55. The molecule has 0 aliphatic carbocycles. The van der Waals surface area contributed by atoms with Gasteiger partial charge in [-0.2, -0.15) is 4.31 Å². The van der Waals surface area contributed by atoms with Crippen molar-refractivity contribution in [3.8, 4) is 0 Å². The number of carbonyl (C=O) groups excluding carboxylic acids is 2. The van der Waals surface area contributed by atoms with Crippen LogP contribution in [0.3, 0.4) is 0 Å². The fourth-order valence-electron chi connectivity index (χ4n) is 2.56. The summed E-state index contributed by atoms with van der Waals surface area (Å²) in [5, 5.41) is 5.38. The van der Waals surface area contributed by atoms with Crippen LogP contribution < -0.4 is 10.6 Å². The summed E-state index contributed by atoms with van der Waals surface area (Å²) in [5.41, 5.74) is 0.548. The minimum absolute atomic E-state index is 0.0379. The predicted molar refractivity (Wildman–Crippen MR) is 90.9 cm³/mol. The summed E-state index contributed by atoms with van der Waals surface area (Å²) in [6, 6.07) is 6.04. The standard InChI is InChI=1S/C16H21N3O4S/c1-3-16(21)18-14-8-10-19(11-9-14)24(22,23)15-6-4-13(5-7-15)17-12(2)20/h3-7,14H,1,8-11H2,2H3,(H,17,20)(H,18,21). The molecule has 130 valence electrons. The first kappa shape index (κ1) is 18.2. The van der Waals surface area contributed by atoms with Crippen molar-refractivity contribution < 1.29 is 18.0 Å². The largest absolute Gasteiger partial charge is 0.350 e. The third-order valence-electron chi connectivity index (χ3n) is 3.80. The van der Waals surface area contributed by atoms with Crippen molar-refractivity contribution in [2.45, 2.75) is 30.7 Å². The molecule has 0 saturated carbocycles. The summed E-state index contributed by atoms with van der Waals surface area (Å²) in [6.07, 6.45) is 2.32. The van der Waals surface area contributed by atoms with Gasteiger partial charge in [-0.05, 0) is 43.2 Å². The number of nitrogens with zero attached hydrogens (tertiary/aromatic N) is 1. The fraction of sp³-hybridized carbons (Fsp3) is 0.375. The van der Waals surface area contributed by atoms with Gasteiger partial charge in [0, 0.05) is 31.7 Å². The molecule has 24 heavy (non-hydrogen) atoms. The molecule has 1 aliphatic rings. The molecule has 7 nitrogen and oxygen atoms in total. The third kappa shape index (κ3) is 4.42. The molecule has 0 aromatic heterocycles. The quantitative estimate of drug-likeness (QED) is 0.777. The Morgan fingerprint density at radius 2 is 1.79 bits per heavy atom. The van der Waals surface area contributed by atoms with E-state index in [0.717, 1.165) is 0 Å². The Labute approximate surface area is 141 Å². The number of nitrogens with one attached hydrogen (secondary N) is 2. The van der Waals surface area contributed by atoms with Crippen LogP contribution in [0.15, 0.2) is 41.8 Å². The monoisotopic (exact) mass is 351 g/mol. The van der Waals surface area contributed by atoms with Gasteiger partial charge in [0.2, 0.25) is 21.8 Å². The Kier molecular flexibility index (Phi) is 5.74. The lowest BCUT2D eigenvalue weighted by atomic mass is 10.1. The van der Waals surface area contributed by atoms with Gasteiger partial charge in [0.25, 0.3) is 0 Å². The lowest BCUT2D eigenvalue weighted by molar-refractivity contribution is -0.117. The van der Waals surface area contributed by atoms with Crippen LogP contribution in [0.25, 0.3) is 0 Å². The van der Waals surface area contributed by atoms with Gasteiger partial charge < -0.3 is 10.6 Å². The molecule has 0 unspecified atom stereocenters. The maximum Gasteiger partial charge on any atom is 0.243 e. The molecule has 0 atom stereocenters. The first-order valence-corrected chi connectivity index (χ1v) is 9.07. The number of piperidine rings is 1. The van der Waals surface area contributed by atoms with Crippen LogP contribution in [0.2, 0.25) is 0 Å². The van der Waals surface area contributed by atoms with Crippen molar-refractivity contribution in [2.75, 3.05) is 18.4 Å². The molecule has 1 aliphatic heterocycles. The Morgan fingerprint density at radius 3 is 2.29 bits per heavy atom. The van der Waals surface area contributed by atoms with E-state index in [9.17, 15) is 18.0 Å². The molecule has 2 rings (SSSR count). The Hall–Kier alpha value is -2.19. The highest BCUT2D eigenvalue weighted by molar-refractivity contribution is 7.89. The molecule has 0 bridgehead atoms. The van der Waals surface area contributed by atoms with Gasteiger partial charge >= 0.3 is 0 Å². The number of sulfonamides is 1. The second-order valence-electron chi connectivity index (χ2n) is 5.60. The van der Waals surface area contributed by atoms with E-state index in [1.54, 1.807) is 12.1 Å². The number of benzene rings is 1. The van der Waals surface area contributed by atoms with Crippen LogP contribution in [0, 0.1) is 0 Å². The maximum atomic E-state index is 12.6. The molecule has 2 amide bonds. The Morgan fingerprint density at radius 1 is 1.21 bits per heavy atom. The van der Waals surface area contributed by atoms with Crippen LogP contribution in [-0.4, -0.2) is 43.7 Å². The highest BCUT2D eigenvalue weighted by Crippen LogP contribution is 2.22. The number of carbonyl (C=O) groups is 2. The zero-order valence-electron chi connectivity index (χ0n) is 13.5. The van der Waals surface area contributed by atoms with Gasteiger partial charge in [-0.3, -0.25) is 9.59 Å². The highest BCUT2D eigenvalue weighted by Gasteiger charge is 2.29. The van der Waals surface area contributed by atoms with E-state index in [-0.39, 0.29) is 22.8 Å². The second-order valence-corrected chi connectivity index (χ2v) is 7.53. The van der Waals surface area contributed by atoms with Crippen molar-refractivity contribution in [1.29, 1.82) is 0 Å². The SMILES string of the molecule is C=CC(=O)NC1CCN(S(=O)(=O)c2ccc(NC(C)=O)cc2)CC1. The number of rotatable bonds is 5. The van der Waals surface area contributed by atoms with Crippen LogP contribution in [0.1, 0.15) is 19.8 Å². The highest BCUT2D eigenvalue weighted by atomic mass is 32.2. The third-order valence-corrected chi connectivity index (χ3v) is 5.71. The summed E-state index contributed by atoms with van der Waals surface area (Å²) in [5.74, 6) is -0.459. The lowest BCUT2D eigenvalue weighted by Gasteiger charge is -2.31. The van der Waals surface area contributed by atoms with Crippen LogP contribution in [-0.2, 0) is 19.6 Å². The van der Waals surface area contributed by atoms with E-state index in [1.807, 2.05) is 0 Å². The molecule has 2 N–H and O–H groups in total. The summed E-state index contributed by atoms with van der Waals surface area (Å²) >= 11 is 0. The van der Waals surface area contributed by atoms with Crippen molar-refractivity contribution in [1.82, 2.24) is 9.62 Å². The molecule has 1 fully saturated rings.